The molecular formula is C8H5N3O2. The highest BCUT2D eigenvalue weighted by Crippen LogP contribution is 2.06. The molecule has 0 unspecified atom stereocenters. The Morgan fingerprint density at radius 1 is 1.31 bits per heavy atom. The standard InChI is InChI=1S/C8H5N3O2/c12-8(13)7-4-10-6-3-9-2-1-5(6)11-7/h1-4H,(H,12,13). The zero-order valence-corrected chi connectivity index (χ0v) is 6.51. The number of fused-ring (bicyclic) bond motifs is 1. The van der Waals surface area contributed by atoms with Crippen molar-refractivity contribution in [3.63, 3.8) is 0 Å². The fourth-order valence-corrected chi connectivity index (χ4v) is 0.965. The Balaban J connectivity index is 2.69. The summed E-state index contributed by atoms with van der Waals surface area (Å²) in [5.74, 6) is -1.08. The minimum Gasteiger partial charge on any atom is -0.476 e. The van der Waals surface area contributed by atoms with Crippen LogP contribution < -0.4 is 0 Å². The number of carbonyl (C=O) groups is 1. The van der Waals surface area contributed by atoms with E-state index in [9.17, 15) is 4.79 Å². The molecule has 0 atom stereocenters. The first-order valence-corrected chi connectivity index (χ1v) is 3.57. The van der Waals surface area contributed by atoms with Gasteiger partial charge in [-0.1, -0.05) is 0 Å². The van der Waals surface area contributed by atoms with Crippen LogP contribution in [0.2, 0.25) is 0 Å². The van der Waals surface area contributed by atoms with Gasteiger partial charge < -0.3 is 5.11 Å². The molecule has 0 aliphatic rings. The van der Waals surface area contributed by atoms with Crippen molar-refractivity contribution < 1.29 is 9.90 Å². The van der Waals surface area contributed by atoms with E-state index in [0.29, 0.717) is 11.0 Å². The molecule has 0 saturated heterocycles. The average molecular weight is 175 g/mol. The molecule has 5 nitrogen and oxygen atoms in total. The monoisotopic (exact) mass is 175 g/mol. The minimum atomic E-state index is -1.08. The Kier molecular flexibility index (Phi) is 1.63. The molecule has 0 amide bonds. The highest BCUT2D eigenvalue weighted by Gasteiger charge is 2.05. The summed E-state index contributed by atoms with van der Waals surface area (Å²) in [6.45, 7) is 0. The zero-order valence-electron chi connectivity index (χ0n) is 6.51. The molecule has 0 fully saturated rings. The summed E-state index contributed by atoms with van der Waals surface area (Å²) in [5, 5.41) is 8.63. The van der Waals surface area contributed by atoms with E-state index in [2.05, 4.69) is 15.0 Å². The molecule has 5 heteroatoms. The van der Waals surface area contributed by atoms with E-state index in [1.54, 1.807) is 12.3 Å². The highest BCUT2D eigenvalue weighted by molar-refractivity contribution is 5.87. The van der Waals surface area contributed by atoms with Gasteiger partial charge in [0.15, 0.2) is 5.69 Å². The van der Waals surface area contributed by atoms with Crippen LogP contribution in [0.15, 0.2) is 24.7 Å². The summed E-state index contributed by atoms with van der Waals surface area (Å²) in [7, 11) is 0. The molecule has 2 rings (SSSR count). The van der Waals surface area contributed by atoms with Crippen LogP contribution in [0.5, 0.6) is 0 Å². The van der Waals surface area contributed by atoms with Gasteiger partial charge in [-0.2, -0.15) is 0 Å². The molecule has 2 heterocycles. The molecular weight excluding hydrogens is 170 g/mol. The number of aromatic nitrogens is 3. The maximum Gasteiger partial charge on any atom is 0.356 e. The largest absolute Gasteiger partial charge is 0.476 e. The Labute approximate surface area is 73.1 Å². The lowest BCUT2D eigenvalue weighted by Crippen LogP contribution is -2.01. The van der Waals surface area contributed by atoms with Crippen molar-refractivity contribution in [3.05, 3.63) is 30.4 Å². The fraction of sp³-hybridized carbons (Fsp3) is 0. The first-order chi connectivity index (χ1) is 6.27. The Bertz CT molecular complexity index is 470. The van der Waals surface area contributed by atoms with Crippen LogP contribution in [-0.4, -0.2) is 26.0 Å². The number of rotatable bonds is 1. The quantitative estimate of drug-likeness (QED) is 0.691. The minimum absolute atomic E-state index is 0.0568. The van der Waals surface area contributed by atoms with Crippen molar-refractivity contribution in [2.24, 2.45) is 0 Å². The molecule has 2 aromatic heterocycles. The summed E-state index contributed by atoms with van der Waals surface area (Å²) in [5.41, 5.74) is 1.07. The van der Waals surface area contributed by atoms with Gasteiger partial charge in [-0.05, 0) is 6.07 Å². The number of aromatic carboxylic acids is 1. The molecule has 0 saturated carbocycles. The van der Waals surface area contributed by atoms with E-state index < -0.39 is 5.97 Å². The summed E-state index contributed by atoms with van der Waals surface area (Å²) < 4.78 is 0. The lowest BCUT2D eigenvalue weighted by molar-refractivity contribution is 0.0690. The smallest absolute Gasteiger partial charge is 0.356 e. The van der Waals surface area contributed by atoms with Crippen LogP contribution in [0.4, 0.5) is 0 Å². The third-order valence-corrected chi connectivity index (χ3v) is 1.56. The Morgan fingerprint density at radius 2 is 2.15 bits per heavy atom. The fourth-order valence-electron chi connectivity index (χ4n) is 0.965. The van der Waals surface area contributed by atoms with Crippen LogP contribution in [0.25, 0.3) is 11.0 Å². The first-order valence-electron chi connectivity index (χ1n) is 3.57. The van der Waals surface area contributed by atoms with E-state index in [0.717, 1.165) is 0 Å². The van der Waals surface area contributed by atoms with Gasteiger partial charge in [-0.25, -0.2) is 9.78 Å². The first kappa shape index (κ1) is 7.60. The second-order valence-electron chi connectivity index (χ2n) is 2.42. The molecule has 0 radical (unpaired) electrons. The third kappa shape index (κ3) is 1.31. The van der Waals surface area contributed by atoms with E-state index >= 15 is 0 Å². The Hall–Kier alpha value is -2.04. The molecule has 2 aromatic rings. The number of carboxylic acid groups (broad SMARTS) is 1. The normalized spacial score (nSPS) is 10.2. The summed E-state index contributed by atoms with van der Waals surface area (Å²) in [4.78, 5) is 22.1. The van der Waals surface area contributed by atoms with Crippen molar-refractivity contribution in [3.8, 4) is 0 Å². The topological polar surface area (TPSA) is 76.0 Å². The van der Waals surface area contributed by atoms with Crippen molar-refractivity contribution in [1.29, 1.82) is 0 Å². The van der Waals surface area contributed by atoms with Crippen molar-refractivity contribution in [1.82, 2.24) is 15.0 Å². The summed E-state index contributed by atoms with van der Waals surface area (Å²) in [6, 6.07) is 1.62. The van der Waals surface area contributed by atoms with Gasteiger partial charge in [0.25, 0.3) is 0 Å². The lowest BCUT2D eigenvalue weighted by atomic mass is 10.3. The number of pyridine rings is 1. The van der Waals surface area contributed by atoms with Crippen molar-refractivity contribution >= 4 is 17.0 Å². The van der Waals surface area contributed by atoms with Crippen LogP contribution in [0.1, 0.15) is 10.5 Å². The van der Waals surface area contributed by atoms with Crippen molar-refractivity contribution in [2.75, 3.05) is 0 Å². The maximum atomic E-state index is 10.5. The summed E-state index contributed by atoms with van der Waals surface area (Å²) >= 11 is 0. The zero-order chi connectivity index (χ0) is 9.26. The second-order valence-corrected chi connectivity index (χ2v) is 2.42. The van der Waals surface area contributed by atoms with Gasteiger partial charge in [-0.15, -0.1) is 0 Å². The van der Waals surface area contributed by atoms with Crippen LogP contribution in [0, 0.1) is 0 Å². The molecule has 64 valence electrons. The van der Waals surface area contributed by atoms with Crippen LogP contribution in [0.3, 0.4) is 0 Å². The van der Waals surface area contributed by atoms with E-state index in [4.69, 9.17) is 5.11 Å². The number of nitrogens with zero attached hydrogens (tertiary/aromatic N) is 3. The van der Waals surface area contributed by atoms with Gasteiger partial charge in [-0.3, -0.25) is 9.97 Å². The second kappa shape index (κ2) is 2.78. The van der Waals surface area contributed by atoms with Crippen LogP contribution in [-0.2, 0) is 0 Å². The molecule has 13 heavy (non-hydrogen) atoms. The van der Waals surface area contributed by atoms with Crippen molar-refractivity contribution in [2.45, 2.75) is 0 Å². The third-order valence-electron chi connectivity index (χ3n) is 1.56. The summed E-state index contributed by atoms with van der Waals surface area (Å²) in [6.07, 6.45) is 4.29. The van der Waals surface area contributed by atoms with Gasteiger partial charge in [0.1, 0.15) is 5.52 Å². The van der Waals surface area contributed by atoms with E-state index in [-0.39, 0.29) is 5.69 Å². The van der Waals surface area contributed by atoms with Gasteiger partial charge in [0.05, 0.1) is 17.9 Å². The molecule has 0 spiro atoms. The number of hydrogen-bond donors (Lipinski definition) is 1. The Morgan fingerprint density at radius 3 is 2.92 bits per heavy atom. The van der Waals surface area contributed by atoms with E-state index in [1.165, 1.54) is 12.4 Å². The molecule has 0 aliphatic carbocycles. The molecule has 1 N–H and O–H groups in total. The predicted molar refractivity (Wildman–Crippen MR) is 44.3 cm³/mol. The number of hydrogen-bond acceptors (Lipinski definition) is 4. The lowest BCUT2D eigenvalue weighted by Gasteiger charge is -1.95. The molecule has 0 aliphatic heterocycles. The van der Waals surface area contributed by atoms with Gasteiger partial charge in [0.2, 0.25) is 0 Å². The van der Waals surface area contributed by atoms with Gasteiger partial charge >= 0.3 is 5.97 Å². The SMILES string of the molecule is O=C(O)c1cnc2cnccc2n1. The van der Waals surface area contributed by atoms with Crippen LogP contribution >= 0.6 is 0 Å². The maximum absolute atomic E-state index is 10.5. The average Bonchev–Trinajstić information content (AvgIpc) is 2.17. The molecule has 0 bridgehead atoms. The van der Waals surface area contributed by atoms with E-state index in [1.807, 2.05) is 0 Å². The number of carboxylic acids is 1. The predicted octanol–water partition coefficient (Wildman–Crippen LogP) is 0.723. The molecule has 0 aromatic carbocycles. The highest BCUT2D eigenvalue weighted by atomic mass is 16.4. The van der Waals surface area contributed by atoms with Gasteiger partial charge in [0, 0.05) is 6.20 Å².